The van der Waals surface area contributed by atoms with Gasteiger partial charge in [-0.05, 0) is 56.0 Å². The maximum atomic E-state index is 13.0. The van der Waals surface area contributed by atoms with Crippen LogP contribution in [-0.2, 0) is 17.9 Å². The molecule has 1 aliphatic heterocycles. The molecule has 1 N–H and O–H groups in total. The average molecular weight is 381 g/mol. The van der Waals surface area contributed by atoms with Gasteiger partial charge in [0, 0.05) is 25.7 Å². The highest BCUT2D eigenvalue weighted by atomic mass is 19.1. The molecule has 28 heavy (non-hydrogen) atoms. The van der Waals surface area contributed by atoms with Crippen LogP contribution in [0.5, 0.6) is 0 Å². The number of aryl methyl sites for hydroxylation is 2. The molecule has 2 aromatic carbocycles. The molecule has 1 aliphatic rings. The van der Waals surface area contributed by atoms with Gasteiger partial charge in [0.25, 0.3) is 0 Å². The zero-order valence-corrected chi connectivity index (χ0v) is 16.9. The molecule has 3 nitrogen and oxygen atoms in total. The van der Waals surface area contributed by atoms with Crippen LogP contribution in [0.2, 0.25) is 0 Å². The molecule has 0 aromatic heterocycles. The van der Waals surface area contributed by atoms with Crippen LogP contribution in [0.1, 0.15) is 35.6 Å². The number of benzene rings is 2. The molecule has 0 bridgehead atoms. The van der Waals surface area contributed by atoms with Gasteiger partial charge in [-0.1, -0.05) is 48.0 Å². The molecule has 3 rings (SSSR count). The van der Waals surface area contributed by atoms with Crippen molar-refractivity contribution < 1.29 is 9.18 Å². The van der Waals surface area contributed by atoms with E-state index in [0.717, 1.165) is 25.1 Å². The number of allylic oxidation sites excluding steroid dienone is 1. The Balaban J connectivity index is 1.66. The second-order valence-electron chi connectivity index (χ2n) is 7.76. The SMILES string of the molecule is Cc1ccc(CN2CC=CC[C@H](C(=O)NCc3ccc(F)cc3)[C@H]2C)c(C)c1. The normalized spacial score (nSPS) is 20.0. The van der Waals surface area contributed by atoms with E-state index < -0.39 is 0 Å². The van der Waals surface area contributed by atoms with Gasteiger partial charge in [0.05, 0.1) is 5.92 Å². The number of hydrogen-bond donors (Lipinski definition) is 1. The lowest BCUT2D eigenvalue weighted by atomic mass is 9.95. The van der Waals surface area contributed by atoms with Gasteiger partial charge >= 0.3 is 0 Å². The van der Waals surface area contributed by atoms with Crippen molar-refractivity contribution >= 4 is 5.91 Å². The molecule has 2 atom stereocenters. The number of nitrogens with zero attached hydrogens (tertiary/aromatic N) is 1. The molecular formula is C24H29FN2O. The zero-order chi connectivity index (χ0) is 20.1. The quantitative estimate of drug-likeness (QED) is 0.773. The van der Waals surface area contributed by atoms with Crippen molar-refractivity contribution in [3.8, 4) is 0 Å². The predicted molar refractivity (Wildman–Crippen MR) is 111 cm³/mol. The van der Waals surface area contributed by atoms with Crippen LogP contribution in [0.4, 0.5) is 4.39 Å². The Bertz CT molecular complexity index is 844. The van der Waals surface area contributed by atoms with E-state index in [0.29, 0.717) is 6.54 Å². The largest absolute Gasteiger partial charge is 0.352 e. The molecule has 0 aliphatic carbocycles. The first-order valence-electron chi connectivity index (χ1n) is 9.91. The van der Waals surface area contributed by atoms with Crippen LogP contribution in [0.3, 0.4) is 0 Å². The van der Waals surface area contributed by atoms with Crippen molar-refractivity contribution in [1.29, 1.82) is 0 Å². The first-order chi connectivity index (χ1) is 13.4. The molecule has 4 heteroatoms. The lowest BCUT2D eigenvalue weighted by Gasteiger charge is -2.32. The Morgan fingerprint density at radius 3 is 2.61 bits per heavy atom. The summed E-state index contributed by atoms with van der Waals surface area (Å²) in [5.74, 6) is -0.321. The number of rotatable bonds is 5. The fourth-order valence-corrected chi connectivity index (χ4v) is 3.77. The Hall–Kier alpha value is -2.46. The molecule has 0 fully saturated rings. The Labute approximate surface area is 167 Å². The van der Waals surface area contributed by atoms with Crippen molar-refractivity contribution in [2.45, 2.75) is 46.3 Å². The molecule has 0 unspecified atom stereocenters. The Morgan fingerprint density at radius 1 is 1.14 bits per heavy atom. The summed E-state index contributed by atoms with van der Waals surface area (Å²) >= 11 is 0. The minimum Gasteiger partial charge on any atom is -0.352 e. The number of nitrogens with one attached hydrogen (secondary N) is 1. The molecule has 1 heterocycles. The number of hydrogen-bond acceptors (Lipinski definition) is 2. The first kappa shape index (κ1) is 20.3. The summed E-state index contributed by atoms with van der Waals surface area (Å²) in [6.07, 6.45) is 5.01. The van der Waals surface area contributed by atoms with E-state index in [1.54, 1.807) is 12.1 Å². The van der Waals surface area contributed by atoms with E-state index in [2.05, 4.69) is 61.3 Å². The number of amides is 1. The molecular weight excluding hydrogens is 351 g/mol. The van der Waals surface area contributed by atoms with Crippen LogP contribution in [0, 0.1) is 25.6 Å². The van der Waals surface area contributed by atoms with Gasteiger partial charge in [0.1, 0.15) is 5.82 Å². The molecule has 0 saturated heterocycles. The fraction of sp³-hybridized carbons (Fsp3) is 0.375. The third kappa shape index (κ3) is 5.08. The smallest absolute Gasteiger partial charge is 0.225 e. The van der Waals surface area contributed by atoms with Crippen molar-refractivity contribution in [2.75, 3.05) is 6.54 Å². The first-order valence-corrected chi connectivity index (χ1v) is 9.91. The van der Waals surface area contributed by atoms with Gasteiger partial charge in [0.15, 0.2) is 0 Å². The van der Waals surface area contributed by atoms with Crippen LogP contribution in [0.25, 0.3) is 0 Å². The van der Waals surface area contributed by atoms with Gasteiger partial charge in [-0.25, -0.2) is 4.39 Å². The maximum absolute atomic E-state index is 13.0. The lowest BCUT2D eigenvalue weighted by Crippen LogP contribution is -2.44. The van der Waals surface area contributed by atoms with Gasteiger partial charge < -0.3 is 5.32 Å². The third-order valence-corrected chi connectivity index (χ3v) is 5.64. The minimum atomic E-state index is -0.264. The Kier molecular flexibility index (Phi) is 6.63. The van der Waals surface area contributed by atoms with Gasteiger partial charge in [-0.2, -0.15) is 0 Å². The lowest BCUT2D eigenvalue weighted by molar-refractivity contribution is -0.127. The summed E-state index contributed by atoms with van der Waals surface area (Å²) < 4.78 is 13.0. The Morgan fingerprint density at radius 2 is 1.89 bits per heavy atom. The van der Waals surface area contributed by atoms with Crippen LogP contribution >= 0.6 is 0 Å². The highest BCUT2D eigenvalue weighted by Crippen LogP contribution is 2.23. The van der Waals surface area contributed by atoms with Crippen LogP contribution in [-0.4, -0.2) is 23.4 Å². The molecule has 0 spiro atoms. The van der Waals surface area contributed by atoms with Crippen molar-refractivity contribution in [1.82, 2.24) is 10.2 Å². The van der Waals surface area contributed by atoms with Gasteiger partial charge in [0.2, 0.25) is 5.91 Å². The standard InChI is InChI=1S/C24H29FN2O/c1-17-7-10-21(18(2)14-17)16-27-13-5-4-6-23(19(27)3)24(28)26-15-20-8-11-22(25)12-9-20/h4-5,7-12,14,19,23H,6,13,15-16H2,1-3H3,(H,26,28)/t19-,23+/m1/s1. The van der Waals surface area contributed by atoms with Gasteiger partial charge in [-0.15, -0.1) is 0 Å². The minimum absolute atomic E-state index is 0.0500. The second-order valence-corrected chi connectivity index (χ2v) is 7.76. The summed E-state index contributed by atoms with van der Waals surface area (Å²) in [4.78, 5) is 15.2. The molecule has 148 valence electrons. The molecule has 2 aromatic rings. The molecule has 1 amide bonds. The van der Waals surface area contributed by atoms with Crippen LogP contribution in [0.15, 0.2) is 54.6 Å². The van der Waals surface area contributed by atoms with E-state index >= 15 is 0 Å². The van der Waals surface area contributed by atoms with Crippen LogP contribution < -0.4 is 5.32 Å². The highest BCUT2D eigenvalue weighted by molar-refractivity contribution is 5.79. The van der Waals surface area contributed by atoms with E-state index in [1.165, 1.54) is 28.8 Å². The zero-order valence-electron chi connectivity index (χ0n) is 16.9. The van der Waals surface area contributed by atoms with E-state index in [4.69, 9.17) is 0 Å². The maximum Gasteiger partial charge on any atom is 0.225 e. The average Bonchev–Trinajstić information content (AvgIpc) is 2.85. The van der Waals surface area contributed by atoms with Gasteiger partial charge in [-0.3, -0.25) is 9.69 Å². The van der Waals surface area contributed by atoms with Crippen molar-refractivity contribution in [2.24, 2.45) is 5.92 Å². The summed E-state index contributed by atoms with van der Waals surface area (Å²) in [5, 5.41) is 3.03. The van der Waals surface area contributed by atoms with E-state index in [1.807, 2.05) is 0 Å². The number of carbonyl (C=O) groups is 1. The molecule has 0 saturated carbocycles. The van der Waals surface area contributed by atoms with E-state index in [-0.39, 0.29) is 23.7 Å². The van der Waals surface area contributed by atoms with Crippen molar-refractivity contribution in [3.63, 3.8) is 0 Å². The second kappa shape index (κ2) is 9.16. The topological polar surface area (TPSA) is 32.3 Å². The van der Waals surface area contributed by atoms with Crippen molar-refractivity contribution in [3.05, 3.63) is 82.7 Å². The number of halogens is 1. The summed E-state index contributed by atoms with van der Waals surface area (Å²) in [5.41, 5.74) is 4.76. The predicted octanol–water partition coefficient (Wildman–Crippen LogP) is 4.53. The third-order valence-electron chi connectivity index (χ3n) is 5.64. The van der Waals surface area contributed by atoms with E-state index in [9.17, 15) is 9.18 Å². The summed E-state index contributed by atoms with van der Waals surface area (Å²) in [6.45, 7) is 8.49. The molecule has 0 radical (unpaired) electrons. The summed E-state index contributed by atoms with van der Waals surface area (Å²) in [7, 11) is 0. The fourth-order valence-electron chi connectivity index (χ4n) is 3.77. The highest BCUT2D eigenvalue weighted by Gasteiger charge is 2.29. The number of carbonyl (C=O) groups excluding carboxylic acids is 1. The summed E-state index contributed by atoms with van der Waals surface area (Å²) in [6, 6.07) is 12.9. The monoisotopic (exact) mass is 380 g/mol.